The van der Waals surface area contributed by atoms with E-state index >= 15 is 4.39 Å². The van der Waals surface area contributed by atoms with Crippen molar-refractivity contribution in [3.05, 3.63) is 11.6 Å². The quantitative estimate of drug-likeness (QED) is 0.677. The Morgan fingerprint density at radius 3 is 2.67 bits per heavy atom. The molecule has 0 spiro atoms. The SMILES string of the molecule is CC(=O)OCC(=O)[C@@]1(O)CC[C@H]2[C@@H]3CCC4=CC(=O)CC(F)[C@]4(C)[C@H]3[C@@H](O)C[C@@]21C. The Balaban J connectivity index is 1.68. The number of carbonyl (C=O) groups excluding carboxylic acids is 3. The number of ketones is 2. The monoisotopic (exact) mass is 422 g/mol. The highest BCUT2D eigenvalue weighted by Crippen LogP contribution is 2.67. The number of alkyl halides is 1. The minimum atomic E-state index is -1.69. The molecule has 166 valence electrons. The van der Waals surface area contributed by atoms with Gasteiger partial charge in [-0.15, -0.1) is 0 Å². The zero-order valence-corrected chi connectivity index (χ0v) is 17.8. The maximum atomic E-state index is 15.3. The zero-order chi connectivity index (χ0) is 22.1. The molecule has 2 N–H and O–H groups in total. The van der Waals surface area contributed by atoms with Crippen LogP contribution in [0.15, 0.2) is 11.6 Å². The first-order chi connectivity index (χ1) is 13.9. The van der Waals surface area contributed by atoms with Gasteiger partial charge in [0.2, 0.25) is 5.78 Å². The summed E-state index contributed by atoms with van der Waals surface area (Å²) in [6.07, 6.45) is 1.44. The van der Waals surface area contributed by atoms with Gasteiger partial charge in [0.25, 0.3) is 0 Å². The van der Waals surface area contributed by atoms with Gasteiger partial charge >= 0.3 is 5.97 Å². The second-order valence-corrected chi connectivity index (χ2v) is 10.2. The molecule has 0 amide bonds. The molecule has 6 nitrogen and oxygen atoms in total. The highest BCUT2D eigenvalue weighted by Gasteiger charge is 2.69. The summed E-state index contributed by atoms with van der Waals surface area (Å²) in [4.78, 5) is 35.9. The standard InChI is InChI=1S/C23H31FO6/c1-12(25)30-11-19(28)23(29)7-6-16-15-5-4-13-8-14(26)9-18(24)22(13,3)20(15)17(27)10-21(16,23)2/h8,15-18,20,27,29H,4-7,9-11H2,1-3H3/t15-,16-,17-,18?,20+,21-,22+,23-/m0/s1. The predicted octanol–water partition coefficient (Wildman–Crippen LogP) is 2.30. The Hall–Kier alpha value is -1.60. The van der Waals surface area contributed by atoms with Crippen molar-refractivity contribution < 1.29 is 33.7 Å². The maximum Gasteiger partial charge on any atom is 0.303 e. The molecular weight excluding hydrogens is 391 g/mol. The summed E-state index contributed by atoms with van der Waals surface area (Å²) in [5, 5.41) is 22.7. The van der Waals surface area contributed by atoms with Crippen LogP contribution >= 0.6 is 0 Å². The van der Waals surface area contributed by atoms with E-state index in [1.807, 2.05) is 13.8 Å². The van der Waals surface area contributed by atoms with E-state index in [9.17, 15) is 24.6 Å². The van der Waals surface area contributed by atoms with Gasteiger partial charge in [-0.1, -0.05) is 19.4 Å². The normalized spacial score (nSPS) is 47.6. The first-order valence-corrected chi connectivity index (χ1v) is 10.9. The lowest BCUT2D eigenvalue weighted by atomic mass is 9.45. The molecule has 1 unspecified atom stereocenters. The van der Waals surface area contributed by atoms with Gasteiger partial charge in [0.05, 0.1) is 6.10 Å². The number of halogens is 1. The molecule has 30 heavy (non-hydrogen) atoms. The highest BCUT2D eigenvalue weighted by molar-refractivity contribution is 5.92. The Bertz CT molecular complexity index is 823. The van der Waals surface area contributed by atoms with Crippen LogP contribution in [0.1, 0.15) is 59.3 Å². The van der Waals surface area contributed by atoms with Gasteiger partial charge in [-0.05, 0) is 55.9 Å². The smallest absolute Gasteiger partial charge is 0.303 e. The Morgan fingerprint density at radius 2 is 2.00 bits per heavy atom. The van der Waals surface area contributed by atoms with Crippen molar-refractivity contribution in [2.24, 2.45) is 28.6 Å². The Kier molecular flexibility index (Phi) is 5.01. The topological polar surface area (TPSA) is 101 Å². The molecule has 0 saturated heterocycles. The van der Waals surface area contributed by atoms with Crippen LogP contribution in [-0.4, -0.2) is 52.2 Å². The van der Waals surface area contributed by atoms with Crippen molar-refractivity contribution in [2.75, 3.05) is 6.61 Å². The zero-order valence-electron chi connectivity index (χ0n) is 17.8. The van der Waals surface area contributed by atoms with Crippen molar-refractivity contribution in [1.82, 2.24) is 0 Å². The van der Waals surface area contributed by atoms with Crippen LogP contribution in [0.4, 0.5) is 4.39 Å². The van der Waals surface area contributed by atoms with Crippen LogP contribution in [0, 0.1) is 28.6 Å². The van der Waals surface area contributed by atoms with Crippen molar-refractivity contribution in [2.45, 2.75) is 77.2 Å². The molecule has 7 heteroatoms. The van der Waals surface area contributed by atoms with Crippen LogP contribution in [0.25, 0.3) is 0 Å². The fourth-order valence-corrected chi connectivity index (χ4v) is 7.43. The fourth-order valence-electron chi connectivity index (χ4n) is 7.43. The van der Waals surface area contributed by atoms with Crippen LogP contribution < -0.4 is 0 Å². The molecule has 4 rings (SSSR count). The van der Waals surface area contributed by atoms with E-state index < -0.39 is 47.1 Å². The average Bonchev–Trinajstić information content (AvgIpc) is 2.92. The van der Waals surface area contributed by atoms with Crippen LogP contribution in [0.3, 0.4) is 0 Å². The van der Waals surface area contributed by atoms with E-state index in [1.54, 1.807) is 6.08 Å². The third kappa shape index (κ3) is 2.77. The highest BCUT2D eigenvalue weighted by atomic mass is 19.1. The van der Waals surface area contributed by atoms with E-state index in [4.69, 9.17) is 4.74 Å². The molecule has 0 aromatic carbocycles. The number of rotatable bonds is 3. The van der Waals surface area contributed by atoms with Crippen LogP contribution in [-0.2, 0) is 19.1 Å². The van der Waals surface area contributed by atoms with Crippen LogP contribution in [0.5, 0.6) is 0 Å². The first-order valence-electron chi connectivity index (χ1n) is 10.9. The molecule has 4 aliphatic rings. The van der Waals surface area contributed by atoms with E-state index in [0.29, 0.717) is 19.3 Å². The number of allylic oxidation sites excluding steroid dienone is 1. The van der Waals surface area contributed by atoms with Gasteiger partial charge in [0.15, 0.2) is 12.4 Å². The predicted molar refractivity (Wildman–Crippen MR) is 105 cm³/mol. The number of hydrogen-bond acceptors (Lipinski definition) is 6. The average molecular weight is 422 g/mol. The molecule has 4 aliphatic carbocycles. The third-order valence-corrected chi connectivity index (χ3v) is 8.97. The summed E-state index contributed by atoms with van der Waals surface area (Å²) < 4.78 is 20.1. The number of aliphatic hydroxyl groups excluding tert-OH is 1. The molecule has 8 atom stereocenters. The lowest BCUT2D eigenvalue weighted by Crippen LogP contribution is -2.63. The minimum absolute atomic E-state index is 0.0529. The number of esters is 1. The molecule has 0 bridgehead atoms. The molecule has 0 aliphatic heterocycles. The molecule has 0 aromatic rings. The number of ether oxygens (including phenoxy) is 1. The van der Waals surface area contributed by atoms with Crippen LogP contribution in [0.2, 0.25) is 0 Å². The van der Waals surface area contributed by atoms with Gasteiger partial charge in [0.1, 0.15) is 11.8 Å². The number of Topliss-reactive ketones (excluding diaryl/α,β-unsaturated/α-hetero) is 1. The maximum absolute atomic E-state index is 15.3. The largest absolute Gasteiger partial charge is 0.458 e. The number of fused-ring (bicyclic) bond motifs is 5. The Morgan fingerprint density at radius 1 is 1.30 bits per heavy atom. The summed E-state index contributed by atoms with van der Waals surface area (Å²) >= 11 is 0. The third-order valence-electron chi connectivity index (χ3n) is 8.97. The van der Waals surface area contributed by atoms with Crippen molar-refractivity contribution in [3.63, 3.8) is 0 Å². The van der Waals surface area contributed by atoms with E-state index in [2.05, 4.69) is 0 Å². The van der Waals surface area contributed by atoms with Crippen molar-refractivity contribution in [3.8, 4) is 0 Å². The summed E-state index contributed by atoms with van der Waals surface area (Å²) in [5.74, 6) is -1.79. The van der Waals surface area contributed by atoms with E-state index in [0.717, 1.165) is 5.57 Å². The summed E-state index contributed by atoms with van der Waals surface area (Å²) in [7, 11) is 0. The second kappa shape index (κ2) is 6.95. The lowest BCUT2D eigenvalue weighted by molar-refractivity contribution is -0.188. The summed E-state index contributed by atoms with van der Waals surface area (Å²) in [5.41, 5.74) is -2.68. The molecule has 0 heterocycles. The van der Waals surface area contributed by atoms with Crippen molar-refractivity contribution >= 4 is 17.5 Å². The van der Waals surface area contributed by atoms with Gasteiger partial charge in [-0.2, -0.15) is 0 Å². The molecule has 3 fully saturated rings. The molecule has 3 saturated carbocycles. The minimum Gasteiger partial charge on any atom is -0.458 e. The van der Waals surface area contributed by atoms with Gasteiger partial charge in [0, 0.05) is 24.2 Å². The molecular formula is C23H31FO6. The number of aliphatic hydroxyl groups is 2. The first kappa shape index (κ1) is 21.6. The summed E-state index contributed by atoms with van der Waals surface area (Å²) in [6, 6.07) is 0. The number of carbonyl (C=O) groups is 3. The van der Waals surface area contributed by atoms with Crippen molar-refractivity contribution in [1.29, 1.82) is 0 Å². The number of hydrogen-bond donors (Lipinski definition) is 2. The second-order valence-electron chi connectivity index (χ2n) is 10.2. The van der Waals surface area contributed by atoms with E-state index in [1.165, 1.54) is 6.92 Å². The Labute approximate surface area is 175 Å². The van der Waals surface area contributed by atoms with E-state index in [-0.39, 0.29) is 42.8 Å². The fraction of sp³-hybridized carbons (Fsp3) is 0.783. The van der Waals surface area contributed by atoms with Gasteiger partial charge < -0.3 is 14.9 Å². The molecule has 0 radical (unpaired) electrons. The van der Waals surface area contributed by atoms with Gasteiger partial charge in [-0.3, -0.25) is 14.4 Å². The lowest BCUT2D eigenvalue weighted by Gasteiger charge is -2.61. The molecule has 0 aromatic heterocycles. The van der Waals surface area contributed by atoms with Gasteiger partial charge in [-0.25, -0.2) is 4.39 Å². The summed E-state index contributed by atoms with van der Waals surface area (Å²) in [6.45, 7) is 4.38.